The van der Waals surface area contributed by atoms with Gasteiger partial charge in [0.15, 0.2) is 0 Å². The monoisotopic (exact) mass is 282 g/mol. The number of carbonyl (C=O) groups excluding carboxylic acids is 1. The number of rotatable bonds is 0. The molecule has 1 amide bonds. The quantitative estimate of drug-likeness (QED) is 0.564. The number of fused-ring (bicyclic) bond motifs is 1. The van der Waals surface area contributed by atoms with Gasteiger partial charge >= 0.3 is 0 Å². The molecular formula is C11H11ClN4OS. The summed E-state index contributed by atoms with van der Waals surface area (Å²) in [6.07, 6.45) is 2.39. The van der Waals surface area contributed by atoms with Crippen LogP contribution in [0.25, 0.3) is 0 Å². The van der Waals surface area contributed by atoms with Crippen LogP contribution in [0.15, 0.2) is 21.8 Å². The van der Waals surface area contributed by atoms with Gasteiger partial charge in [0.1, 0.15) is 5.03 Å². The normalized spacial score (nSPS) is 20.7. The second-order valence-corrected chi connectivity index (χ2v) is 6.24. The molecule has 2 aliphatic rings. The number of nitrogens with one attached hydrogen (secondary N) is 2. The maximum Gasteiger partial charge on any atom is 0.260 e. The smallest absolute Gasteiger partial charge is 0.260 e. The number of hydrogen-bond donors (Lipinski definition) is 2. The summed E-state index contributed by atoms with van der Waals surface area (Å²) in [7, 11) is 0. The number of carbonyl (C=O) groups is 1. The van der Waals surface area contributed by atoms with E-state index < -0.39 is 0 Å². The first-order chi connectivity index (χ1) is 8.44. The predicted octanol–water partition coefficient (Wildman–Crippen LogP) is 2.16. The van der Waals surface area contributed by atoms with Crippen molar-refractivity contribution in [1.82, 2.24) is 15.3 Å². The van der Waals surface area contributed by atoms with Crippen molar-refractivity contribution in [2.75, 3.05) is 5.32 Å². The number of hydrogen-bond acceptors (Lipinski definition) is 5. The molecule has 0 saturated carbocycles. The maximum absolute atomic E-state index is 12.0. The summed E-state index contributed by atoms with van der Waals surface area (Å²) < 4.78 is 0. The third-order valence-electron chi connectivity index (χ3n) is 2.76. The van der Waals surface area contributed by atoms with Crippen LogP contribution < -0.4 is 10.6 Å². The standard InChI is InChI=1S/C11H11ClN4OS/c1-11(2)3-5-7(8(17)16-11)18-9-6(14-5)4-13-10(12)15-9/h4,14H,3H2,1-2H3,(H,16,17). The molecule has 3 rings (SSSR count). The van der Waals surface area contributed by atoms with Gasteiger partial charge in [-0.3, -0.25) is 4.79 Å². The average Bonchev–Trinajstić information content (AvgIpc) is 2.26. The lowest BCUT2D eigenvalue weighted by Gasteiger charge is -2.36. The van der Waals surface area contributed by atoms with Crippen molar-refractivity contribution in [1.29, 1.82) is 0 Å². The van der Waals surface area contributed by atoms with Crippen LogP contribution in [0.3, 0.4) is 0 Å². The predicted molar refractivity (Wildman–Crippen MR) is 70.4 cm³/mol. The number of amides is 1. The summed E-state index contributed by atoms with van der Waals surface area (Å²) in [5, 5.41) is 7.06. The molecule has 94 valence electrons. The molecule has 0 saturated heterocycles. The molecule has 18 heavy (non-hydrogen) atoms. The number of halogens is 1. The number of thioether (sulfide) groups is 1. The summed E-state index contributed by atoms with van der Waals surface area (Å²) in [5.41, 5.74) is 1.48. The molecule has 2 N–H and O–H groups in total. The molecule has 0 bridgehead atoms. The van der Waals surface area contributed by atoms with E-state index in [2.05, 4.69) is 20.6 Å². The van der Waals surface area contributed by atoms with E-state index in [0.717, 1.165) is 17.8 Å². The molecule has 0 unspecified atom stereocenters. The Balaban J connectivity index is 2.02. The van der Waals surface area contributed by atoms with E-state index in [1.54, 1.807) is 6.20 Å². The van der Waals surface area contributed by atoms with Gasteiger partial charge in [0.2, 0.25) is 5.28 Å². The topological polar surface area (TPSA) is 66.9 Å². The molecule has 0 aliphatic carbocycles. The van der Waals surface area contributed by atoms with Crippen LogP contribution >= 0.6 is 23.4 Å². The Bertz CT molecular complexity index is 584. The van der Waals surface area contributed by atoms with Crippen LogP contribution in [0.4, 0.5) is 5.69 Å². The largest absolute Gasteiger partial charge is 0.354 e. The van der Waals surface area contributed by atoms with Crippen LogP contribution in [-0.4, -0.2) is 21.4 Å². The zero-order chi connectivity index (χ0) is 12.9. The summed E-state index contributed by atoms with van der Waals surface area (Å²) in [4.78, 5) is 20.8. The fourth-order valence-corrected chi connectivity index (χ4v) is 3.16. The van der Waals surface area contributed by atoms with Crippen molar-refractivity contribution in [3.63, 3.8) is 0 Å². The SMILES string of the molecule is CC1(C)CC2=C(Sc3nc(Cl)ncc3N2)C(=O)N1. The number of nitrogens with zero attached hydrogens (tertiary/aromatic N) is 2. The molecule has 5 nitrogen and oxygen atoms in total. The first-order valence-electron chi connectivity index (χ1n) is 5.48. The number of aromatic nitrogens is 2. The molecule has 1 aromatic heterocycles. The van der Waals surface area contributed by atoms with Gasteiger partial charge in [0, 0.05) is 17.7 Å². The summed E-state index contributed by atoms with van der Waals surface area (Å²) in [5.74, 6) is -0.0702. The Morgan fingerprint density at radius 1 is 1.50 bits per heavy atom. The van der Waals surface area contributed by atoms with E-state index >= 15 is 0 Å². The summed E-state index contributed by atoms with van der Waals surface area (Å²) >= 11 is 7.09. The molecule has 2 aliphatic heterocycles. The van der Waals surface area contributed by atoms with Crippen LogP contribution in [0, 0.1) is 0 Å². The van der Waals surface area contributed by atoms with E-state index in [0.29, 0.717) is 9.93 Å². The molecule has 7 heteroatoms. The Hall–Kier alpha value is -1.27. The molecule has 0 atom stereocenters. The van der Waals surface area contributed by atoms with Crippen molar-refractivity contribution in [2.24, 2.45) is 0 Å². The lowest BCUT2D eigenvalue weighted by molar-refractivity contribution is -0.118. The third-order valence-corrected chi connectivity index (χ3v) is 4.08. The molecule has 1 aromatic rings. The second kappa shape index (κ2) is 3.86. The molecule has 0 radical (unpaired) electrons. The van der Waals surface area contributed by atoms with Gasteiger partial charge in [0.25, 0.3) is 5.91 Å². The summed E-state index contributed by atoms with van der Waals surface area (Å²) in [6, 6.07) is 0. The highest BCUT2D eigenvalue weighted by Crippen LogP contribution is 2.42. The Labute approximate surface area is 113 Å². The lowest BCUT2D eigenvalue weighted by atomic mass is 9.94. The van der Waals surface area contributed by atoms with Crippen molar-refractivity contribution >= 4 is 35.0 Å². The summed E-state index contributed by atoms with van der Waals surface area (Å²) in [6.45, 7) is 3.99. The highest BCUT2D eigenvalue weighted by atomic mass is 35.5. The Morgan fingerprint density at radius 2 is 2.28 bits per heavy atom. The Morgan fingerprint density at radius 3 is 3.06 bits per heavy atom. The first-order valence-corrected chi connectivity index (χ1v) is 6.67. The maximum atomic E-state index is 12.0. The number of anilines is 1. The van der Waals surface area contributed by atoms with E-state index in [9.17, 15) is 4.79 Å². The molecule has 0 aromatic carbocycles. The van der Waals surface area contributed by atoms with Crippen LogP contribution in [0.1, 0.15) is 20.3 Å². The van der Waals surface area contributed by atoms with Crippen molar-refractivity contribution in [2.45, 2.75) is 30.8 Å². The van der Waals surface area contributed by atoms with Crippen LogP contribution in [0.2, 0.25) is 5.28 Å². The first kappa shape index (κ1) is 11.8. The van der Waals surface area contributed by atoms with Crippen LogP contribution in [-0.2, 0) is 4.79 Å². The molecule has 0 spiro atoms. The van der Waals surface area contributed by atoms with E-state index in [1.807, 2.05) is 13.8 Å². The van der Waals surface area contributed by atoms with Gasteiger partial charge in [-0.25, -0.2) is 9.97 Å². The van der Waals surface area contributed by atoms with Gasteiger partial charge in [-0.05, 0) is 25.4 Å². The fourth-order valence-electron chi connectivity index (χ4n) is 2.05. The van der Waals surface area contributed by atoms with E-state index in [4.69, 9.17) is 11.6 Å². The Kier molecular flexibility index (Phi) is 2.53. The molecular weight excluding hydrogens is 272 g/mol. The second-order valence-electron chi connectivity index (χ2n) is 4.91. The highest BCUT2D eigenvalue weighted by molar-refractivity contribution is 8.04. The zero-order valence-electron chi connectivity index (χ0n) is 9.87. The zero-order valence-corrected chi connectivity index (χ0v) is 11.4. The minimum absolute atomic E-state index is 0.0702. The van der Waals surface area contributed by atoms with Gasteiger partial charge < -0.3 is 10.6 Å². The average molecular weight is 283 g/mol. The minimum atomic E-state index is -0.242. The molecule has 3 heterocycles. The lowest BCUT2D eigenvalue weighted by Crippen LogP contribution is -2.48. The van der Waals surface area contributed by atoms with Crippen molar-refractivity contribution < 1.29 is 4.79 Å². The minimum Gasteiger partial charge on any atom is -0.354 e. The van der Waals surface area contributed by atoms with Gasteiger partial charge in [-0.1, -0.05) is 11.8 Å². The van der Waals surface area contributed by atoms with E-state index in [1.165, 1.54) is 11.8 Å². The van der Waals surface area contributed by atoms with Gasteiger partial charge in [-0.15, -0.1) is 0 Å². The third kappa shape index (κ3) is 1.95. The van der Waals surface area contributed by atoms with Gasteiger partial charge in [0.05, 0.1) is 16.8 Å². The van der Waals surface area contributed by atoms with Gasteiger partial charge in [-0.2, -0.15) is 0 Å². The fraction of sp³-hybridized carbons (Fsp3) is 0.364. The van der Waals surface area contributed by atoms with Crippen molar-refractivity contribution in [3.8, 4) is 0 Å². The molecule has 0 fully saturated rings. The van der Waals surface area contributed by atoms with E-state index in [-0.39, 0.29) is 16.7 Å². The van der Waals surface area contributed by atoms with Crippen molar-refractivity contribution in [3.05, 3.63) is 22.1 Å². The van der Waals surface area contributed by atoms with Crippen LogP contribution in [0.5, 0.6) is 0 Å². The highest BCUT2D eigenvalue weighted by Gasteiger charge is 2.35.